The topological polar surface area (TPSA) is 78.7 Å². The Bertz CT molecular complexity index is 1350. The summed E-state index contributed by atoms with van der Waals surface area (Å²) in [5, 5.41) is 9.52. The van der Waals surface area contributed by atoms with Gasteiger partial charge in [-0.2, -0.15) is 5.10 Å². The zero-order valence-electron chi connectivity index (χ0n) is 20.7. The highest BCUT2D eigenvalue weighted by molar-refractivity contribution is 7.13. The Kier molecular flexibility index (Phi) is 6.97. The summed E-state index contributed by atoms with van der Waals surface area (Å²) < 4.78 is 15.4. The van der Waals surface area contributed by atoms with Crippen LogP contribution in [0.2, 0.25) is 0 Å². The zero-order chi connectivity index (χ0) is 25.2. The highest BCUT2D eigenvalue weighted by Crippen LogP contribution is 2.30. The first kappa shape index (κ1) is 24.3. The van der Waals surface area contributed by atoms with Crippen molar-refractivity contribution in [1.82, 2.24) is 29.8 Å². The van der Waals surface area contributed by atoms with Crippen LogP contribution in [-0.4, -0.2) is 75.3 Å². The molecule has 36 heavy (non-hydrogen) atoms. The highest BCUT2D eigenvalue weighted by atomic mass is 32.1. The molecule has 188 valence electrons. The molecule has 0 spiro atoms. The van der Waals surface area contributed by atoms with Gasteiger partial charge in [0.15, 0.2) is 5.65 Å². The van der Waals surface area contributed by atoms with Crippen LogP contribution in [0.25, 0.3) is 27.5 Å². The lowest BCUT2D eigenvalue weighted by atomic mass is 10.1. The molecule has 4 aromatic rings. The molecule has 5 heterocycles. The first-order chi connectivity index (χ1) is 17.5. The Balaban J connectivity index is 1.49. The van der Waals surface area contributed by atoms with Crippen LogP contribution < -0.4 is 10.2 Å². The molecule has 1 aliphatic heterocycles. The third-order valence-electron chi connectivity index (χ3n) is 6.65. The van der Waals surface area contributed by atoms with E-state index in [1.165, 1.54) is 0 Å². The van der Waals surface area contributed by atoms with Crippen LogP contribution in [0.15, 0.2) is 48.1 Å². The summed E-state index contributed by atoms with van der Waals surface area (Å²) in [6.45, 7) is 9.25. The van der Waals surface area contributed by atoms with E-state index in [1.54, 1.807) is 34.2 Å². The third kappa shape index (κ3) is 4.83. The van der Waals surface area contributed by atoms with E-state index in [9.17, 15) is 9.18 Å². The molecule has 0 aliphatic carbocycles. The predicted molar refractivity (Wildman–Crippen MR) is 141 cm³/mol. The number of pyridine rings is 1. The van der Waals surface area contributed by atoms with E-state index in [2.05, 4.69) is 36.1 Å². The quantitative estimate of drug-likeness (QED) is 0.367. The molecule has 1 fully saturated rings. The fourth-order valence-electron chi connectivity index (χ4n) is 4.49. The Morgan fingerprint density at radius 2 is 2.03 bits per heavy atom. The number of halogens is 1. The summed E-state index contributed by atoms with van der Waals surface area (Å²) in [6, 6.07) is 9.67. The minimum atomic E-state index is -0.880. The number of nitrogens with zero attached hydrogens (tertiary/aromatic N) is 6. The summed E-state index contributed by atoms with van der Waals surface area (Å²) >= 11 is 1.62. The fourth-order valence-corrected chi connectivity index (χ4v) is 5.18. The van der Waals surface area contributed by atoms with Crippen molar-refractivity contribution in [2.75, 3.05) is 37.6 Å². The van der Waals surface area contributed by atoms with Crippen LogP contribution in [0.3, 0.4) is 0 Å². The van der Waals surface area contributed by atoms with Crippen LogP contribution in [-0.2, 0) is 0 Å². The normalized spacial score (nSPS) is 14.9. The second-order valence-corrected chi connectivity index (χ2v) is 9.95. The second-order valence-electron chi connectivity index (χ2n) is 9.00. The van der Waals surface area contributed by atoms with Crippen LogP contribution in [0.5, 0.6) is 0 Å². The molecular weight excluding hydrogens is 477 g/mol. The maximum atomic E-state index is 13.7. The molecule has 0 aromatic carbocycles. The van der Waals surface area contributed by atoms with Crippen LogP contribution in [0.4, 0.5) is 10.2 Å². The van der Waals surface area contributed by atoms with Gasteiger partial charge in [0.25, 0.3) is 5.91 Å². The summed E-state index contributed by atoms with van der Waals surface area (Å²) in [5.74, 6) is 0.400. The van der Waals surface area contributed by atoms with E-state index in [-0.39, 0.29) is 25.0 Å². The molecule has 1 aliphatic rings. The van der Waals surface area contributed by atoms with E-state index in [4.69, 9.17) is 9.97 Å². The van der Waals surface area contributed by atoms with Crippen molar-refractivity contribution in [2.45, 2.75) is 33.0 Å². The molecule has 0 radical (unpaired) electrons. The van der Waals surface area contributed by atoms with Gasteiger partial charge in [-0.25, -0.2) is 18.9 Å². The molecule has 10 heteroatoms. The van der Waals surface area contributed by atoms with Gasteiger partial charge in [0, 0.05) is 24.3 Å². The maximum Gasteiger partial charge on any atom is 0.251 e. The Morgan fingerprint density at radius 1 is 1.22 bits per heavy atom. The highest BCUT2D eigenvalue weighted by Gasteiger charge is 2.29. The molecule has 4 aromatic heterocycles. The van der Waals surface area contributed by atoms with E-state index in [0.717, 1.165) is 29.2 Å². The number of likely N-dealkylation sites (N-methyl/N-ethyl adjacent to an activating group) is 1. The fraction of sp³-hybridized carbons (Fsp3) is 0.385. The molecule has 0 bridgehead atoms. The Labute approximate surface area is 213 Å². The lowest BCUT2D eigenvalue weighted by molar-refractivity contribution is 0.0938. The number of thiophene rings is 1. The van der Waals surface area contributed by atoms with Gasteiger partial charge in [-0.15, -0.1) is 11.3 Å². The lowest BCUT2D eigenvalue weighted by Crippen LogP contribution is -2.49. The molecular formula is C26H30FN7OS. The van der Waals surface area contributed by atoms with E-state index in [1.807, 2.05) is 34.7 Å². The van der Waals surface area contributed by atoms with Gasteiger partial charge in [0.2, 0.25) is 0 Å². The third-order valence-corrected chi connectivity index (χ3v) is 7.54. The van der Waals surface area contributed by atoms with Crippen LogP contribution in [0.1, 0.15) is 31.1 Å². The number of nitrogens with one attached hydrogen (secondary N) is 1. The number of alkyl halides is 1. The molecule has 1 unspecified atom stereocenters. The standard InChI is InChI=1S/C26H30FN7OS/c1-4-32(5-2)17(3)13-28-26(35)18-11-22(30-24(12-18)33-15-19(27)16-33)20-14-29-34-9-8-21(31-25(20)34)23-7-6-10-36-23/h6-12,14,17,19H,4-5,13,15-16H2,1-3H3,(H,28,35). The van der Waals surface area contributed by atoms with E-state index >= 15 is 0 Å². The van der Waals surface area contributed by atoms with Gasteiger partial charge in [0.05, 0.1) is 41.1 Å². The van der Waals surface area contributed by atoms with E-state index in [0.29, 0.717) is 29.3 Å². The number of rotatable bonds is 9. The van der Waals surface area contributed by atoms with Crippen molar-refractivity contribution >= 4 is 28.7 Å². The van der Waals surface area contributed by atoms with Gasteiger partial charge >= 0.3 is 0 Å². The smallest absolute Gasteiger partial charge is 0.251 e. The van der Waals surface area contributed by atoms with E-state index < -0.39 is 6.17 Å². The molecule has 8 nitrogen and oxygen atoms in total. The Morgan fingerprint density at radius 3 is 2.72 bits per heavy atom. The average molecular weight is 508 g/mol. The Hall–Kier alpha value is -3.37. The van der Waals surface area contributed by atoms with Crippen LogP contribution in [0, 0.1) is 0 Å². The number of aromatic nitrogens is 4. The first-order valence-electron chi connectivity index (χ1n) is 12.3. The summed E-state index contributed by atoms with van der Waals surface area (Å²) in [5.41, 5.74) is 3.29. The average Bonchev–Trinajstić information content (AvgIpc) is 3.56. The maximum absolute atomic E-state index is 13.7. The van der Waals surface area contributed by atoms with Crippen molar-refractivity contribution in [1.29, 1.82) is 0 Å². The SMILES string of the molecule is CCN(CC)C(C)CNC(=O)c1cc(-c2cnn3ccc(-c4cccs4)nc23)nc(N2CC(F)C2)c1. The minimum absolute atomic E-state index is 0.181. The summed E-state index contributed by atoms with van der Waals surface area (Å²) in [7, 11) is 0. The van der Waals surface area contributed by atoms with Gasteiger partial charge < -0.3 is 10.2 Å². The zero-order valence-corrected chi connectivity index (χ0v) is 21.5. The number of carbonyl (C=O) groups is 1. The molecule has 1 N–H and O–H groups in total. The summed E-state index contributed by atoms with van der Waals surface area (Å²) in [4.78, 5) is 28.0. The number of hydrogen-bond donors (Lipinski definition) is 1. The first-order valence-corrected chi connectivity index (χ1v) is 13.2. The molecule has 0 saturated carbocycles. The number of fused-ring (bicyclic) bond motifs is 1. The van der Waals surface area contributed by atoms with Gasteiger partial charge in [-0.05, 0) is 49.7 Å². The molecule has 1 atom stereocenters. The largest absolute Gasteiger partial charge is 0.351 e. The molecule has 1 amide bonds. The second kappa shape index (κ2) is 10.3. The summed E-state index contributed by atoms with van der Waals surface area (Å²) in [6.07, 6.45) is 2.70. The van der Waals surface area contributed by atoms with Crippen molar-refractivity contribution in [2.24, 2.45) is 0 Å². The monoisotopic (exact) mass is 507 g/mol. The number of anilines is 1. The number of amides is 1. The lowest BCUT2D eigenvalue weighted by Gasteiger charge is -2.35. The van der Waals surface area contributed by atoms with Crippen LogP contribution >= 0.6 is 11.3 Å². The predicted octanol–water partition coefficient (Wildman–Crippen LogP) is 4.14. The van der Waals surface area contributed by atoms with Gasteiger partial charge in [0.1, 0.15) is 12.0 Å². The van der Waals surface area contributed by atoms with Gasteiger partial charge in [-0.1, -0.05) is 19.9 Å². The van der Waals surface area contributed by atoms with Gasteiger partial charge in [-0.3, -0.25) is 9.69 Å². The van der Waals surface area contributed by atoms with Crippen molar-refractivity contribution in [3.8, 4) is 21.8 Å². The minimum Gasteiger partial charge on any atom is -0.351 e. The number of hydrogen-bond acceptors (Lipinski definition) is 7. The van der Waals surface area contributed by atoms with Crippen molar-refractivity contribution in [3.63, 3.8) is 0 Å². The van der Waals surface area contributed by atoms with Crippen molar-refractivity contribution < 1.29 is 9.18 Å². The molecule has 5 rings (SSSR count). The molecule has 1 saturated heterocycles. The van der Waals surface area contributed by atoms with Crippen molar-refractivity contribution in [3.05, 3.63) is 53.7 Å². The number of carbonyl (C=O) groups excluding carboxylic acids is 1.